The van der Waals surface area contributed by atoms with E-state index in [-0.39, 0.29) is 34.9 Å². The molecule has 4 aliphatic heterocycles. The summed E-state index contributed by atoms with van der Waals surface area (Å²) < 4.78 is 0. The maximum Gasteiger partial charge on any atom is 2.00 e. The van der Waals surface area contributed by atoms with Crippen molar-refractivity contribution in [2.75, 3.05) is 14.1 Å². The summed E-state index contributed by atoms with van der Waals surface area (Å²) in [6, 6.07) is 6.79. The number of aliphatic imine (C=N–C) groups is 3. The van der Waals surface area contributed by atoms with E-state index in [4.69, 9.17) is 20.0 Å². The Bertz CT molecular complexity index is 1880. The molecule has 5 heterocycles. The average Bonchev–Trinajstić information content (AvgIpc) is 3.81. The van der Waals surface area contributed by atoms with Crippen LogP contribution in [-0.4, -0.2) is 36.1 Å². The van der Waals surface area contributed by atoms with Gasteiger partial charge in [0.1, 0.15) is 0 Å². The van der Waals surface area contributed by atoms with Gasteiger partial charge in [-0.25, -0.2) is 9.98 Å². The van der Waals surface area contributed by atoms with E-state index >= 15 is 0 Å². The molecule has 4 aliphatic rings. The number of halogens is 1. The molecule has 0 fully saturated rings. The molecule has 6 rings (SSSR count). The zero-order valence-electron chi connectivity index (χ0n) is 31.0. The molecule has 0 unspecified atom stereocenters. The Hall–Kier alpha value is -3.18. The van der Waals surface area contributed by atoms with Crippen molar-refractivity contribution in [2.24, 2.45) is 15.0 Å². The first-order chi connectivity index (χ1) is 22.7. The van der Waals surface area contributed by atoms with E-state index < -0.39 is 0 Å². The van der Waals surface area contributed by atoms with Crippen LogP contribution in [0.5, 0.6) is 0 Å². The van der Waals surface area contributed by atoms with Crippen molar-refractivity contribution in [1.82, 2.24) is 9.88 Å². The molecule has 0 atom stereocenters. The molecule has 0 N–H and O–H groups in total. The van der Waals surface area contributed by atoms with Gasteiger partial charge in [0.05, 0.1) is 34.2 Å². The second-order valence-electron chi connectivity index (χ2n) is 13.3. The molecule has 7 heteroatoms. The summed E-state index contributed by atoms with van der Waals surface area (Å²) in [4.78, 5) is 24.2. The van der Waals surface area contributed by atoms with Gasteiger partial charge in [-0.2, -0.15) is 0 Å². The van der Waals surface area contributed by atoms with Crippen molar-refractivity contribution in [2.45, 2.75) is 112 Å². The summed E-state index contributed by atoms with van der Waals surface area (Å²) in [5.41, 5.74) is 19.9. The normalized spacial score (nSPS) is 18.2. The summed E-state index contributed by atoms with van der Waals surface area (Å²) in [7, 11) is 4.23. The Morgan fingerprint density at radius 2 is 1.33 bits per heavy atom. The standard InChI is InChI=1S/C42H52N5.ClH.Cu/c1-11-25-26(12-2)35-23-37-28(14-4)30(16-6)39(45-37)32(24-47(9)10)41-42(17-7,18-8)33-21-19-20-31(40(33)46-41)38-29(15-5)27(13-3)36(44-38)22-34(25)43-35;;/h19-24H,11-18H2,1-10H3;1H;/q-1;;+2/p-1. The van der Waals surface area contributed by atoms with Gasteiger partial charge in [0.2, 0.25) is 0 Å². The molecule has 0 saturated heterocycles. The monoisotopic (exact) mass is 724 g/mol. The van der Waals surface area contributed by atoms with Crippen LogP contribution in [0.1, 0.15) is 128 Å². The molecule has 49 heavy (non-hydrogen) atoms. The van der Waals surface area contributed by atoms with Gasteiger partial charge in [0, 0.05) is 31.3 Å². The first kappa shape index (κ1) is 38.6. The quantitative estimate of drug-likeness (QED) is 0.256. The van der Waals surface area contributed by atoms with Gasteiger partial charge < -0.3 is 22.3 Å². The molecule has 263 valence electrons. The Balaban J connectivity index is 0.00000270. The third-order valence-corrected chi connectivity index (χ3v) is 10.9. The summed E-state index contributed by atoms with van der Waals surface area (Å²) >= 11 is 0. The van der Waals surface area contributed by atoms with E-state index in [1.165, 1.54) is 39.0 Å². The SMILES string of the molecule is CCC1=C(CC)C2=NC1=Cc1[n-]c(c(CC)c1CC)C(=CN(C)C)C1=Nc3c(cccc3C1(CC)CC)C1=NC(=C2)C(CC)=C1CC.[Cl-].[Cu+2]. The second kappa shape index (κ2) is 15.4. The minimum absolute atomic E-state index is 0. The molecule has 1 aromatic carbocycles. The predicted octanol–water partition coefficient (Wildman–Crippen LogP) is 7.25. The topological polar surface area (TPSA) is 54.4 Å². The van der Waals surface area contributed by atoms with E-state index in [0.717, 1.165) is 108 Å². The van der Waals surface area contributed by atoms with E-state index in [9.17, 15) is 0 Å². The molecule has 0 saturated carbocycles. The molecule has 1 radical (unpaired) electrons. The molecule has 1 aromatic heterocycles. The number of hydrogen-bond acceptors (Lipinski definition) is 4. The van der Waals surface area contributed by atoms with Crippen molar-refractivity contribution in [3.8, 4) is 0 Å². The van der Waals surface area contributed by atoms with Crippen LogP contribution in [-0.2, 0) is 35.3 Å². The van der Waals surface area contributed by atoms with Gasteiger partial charge in [0.25, 0.3) is 0 Å². The second-order valence-corrected chi connectivity index (χ2v) is 13.3. The van der Waals surface area contributed by atoms with Crippen LogP contribution in [0.4, 0.5) is 5.69 Å². The molecule has 2 aromatic rings. The number of aromatic nitrogens is 1. The van der Waals surface area contributed by atoms with Crippen LogP contribution in [0.15, 0.2) is 79.1 Å². The average molecular weight is 726 g/mol. The number of benzene rings is 1. The van der Waals surface area contributed by atoms with Crippen LogP contribution >= 0.6 is 0 Å². The Kier molecular flexibility index (Phi) is 12.1. The van der Waals surface area contributed by atoms with Crippen LogP contribution in [0, 0.1) is 0 Å². The van der Waals surface area contributed by atoms with E-state index in [0.29, 0.717) is 0 Å². The third kappa shape index (κ3) is 6.02. The van der Waals surface area contributed by atoms with Crippen LogP contribution in [0.25, 0.3) is 11.6 Å². The van der Waals surface area contributed by atoms with Crippen LogP contribution < -0.4 is 17.4 Å². The van der Waals surface area contributed by atoms with Crippen LogP contribution in [0.2, 0.25) is 0 Å². The number of hydrogen-bond donors (Lipinski definition) is 0. The van der Waals surface area contributed by atoms with Crippen molar-refractivity contribution >= 4 is 34.5 Å². The molecular weight excluding hydrogens is 673 g/mol. The number of allylic oxidation sites excluding steroid dienone is 6. The molecule has 0 aliphatic carbocycles. The summed E-state index contributed by atoms with van der Waals surface area (Å²) in [5, 5.41) is 0. The minimum Gasteiger partial charge on any atom is -1.00 e. The van der Waals surface area contributed by atoms with E-state index in [2.05, 4.69) is 111 Å². The van der Waals surface area contributed by atoms with Gasteiger partial charge in [-0.05, 0) is 90.9 Å². The van der Waals surface area contributed by atoms with Crippen LogP contribution in [0.3, 0.4) is 0 Å². The fourth-order valence-corrected chi connectivity index (χ4v) is 8.57. The smallest absolute Gasteiger partial charge is 1.00 e. The zero-order valence-corrected chi connectivity index (χ0v) is 32.7. The van der Waals surface area contributed by atoms with Gasteiger partial charge >= 0.3 is 17.1 Å². The number of nitrogens with zero attached hydrogens (tertiary/aromatic N) is 5. The van der Waals surface area contributed by atoms with Gasteiger partial charge in [-0.3, -0.25) is 4.99 Å². The number of rotatable bonds is 9. The van der Waals surface area contributed by atoms with Crippen molar-refractivity contribution in [3.63, 3.8) is 0 Å². The fraction of sp³-hybridized carbons (Fsp3) is 0.452. The first-order valence-electron chi connectivity index (χ1n) is 18.1. The van der Waals surface area contributed by atoms with E-state index in [1.807, 2.05) is 0 Å². The molecular formula is C42H52ClCuN5. The summed E-state index contributed by atoms with van der Waals surface area (Å²) in [6.45, 7) is 18.2. The maximum absolute atomic E-state index is 5.70. The largest absolute Gasteiger partial charge is 2.00 e. The van der Waals surface area contributed by atoms with Gasteiger partial charge in [-0.15, -0.1) is 11.4 Å². The fourth-order valence-electron chi connectivity index (χ4n) is 8.57. The summed E-state index contributed by atoms with van der Waals surface area (Å²) in [5.74, 6) is 0. The minimum atomic E-state index is -0.226. The Labute approximate surface area is 311 Å². The summed E-state index contributed by atoms with van der Waals surface area (Å²) in [6.07, 6.45) is 14.3. The van der Waals surface area contributed by atoms with Crippen molar-refractivity contribution < 1.29 is 29.5 Å². The predicted molar refractivity (Wildman–Crippen MR) is 201 cm³/mol. The van der Waals surface area contributed by atoms with Gasteiger partial charge in [-0.1, -0.05) is 90.8 Å². The van der Waals surface area contributed by atoms with Crippen molar-refractivity contribution in [3.05, 3.63) is 97.8 Å². The first-order valence-corrected chi connectivity index (χ1v) is 18.1. The molecule has 0 amide bonds. The maximum atomic E-state index is 5.70. The van der Waals surface area contributed by atoms with Gasteiger partial charge in [0.15, 0.2) is 0 Å². The number of fused-ring (bicyclic) bond motifs is 5. The van der Waals surface area contributed by atoms with E-state index in [1.54, 1.807) is 0 Å². The molecule has 8 bridgehead atoms. The van der Waals surface area contributed by atoms with Crippen molar-refractivity contribution in [1.29, 1.82) is 0 Å². The number of para-hydroxylation sites is 1. The zero-order chi connectivity index (χ0) is 33.6. The molecule has 5 nitrogen and oxygen atoms in total. The Morgan fingerprint density at radius 1 is 0.714 bits per heavy atom. The third-order valence-electron chi connectivity index (χ3n) is 10.9. The Morgan fingerprint density at radius 3 is 1.90 bits per heavy atom. The molecule has 0 spiro atoms.